The van der Waals surface area contributed by atoms with Crippen LogP contribution >= 0.6 is 0 Å². The summed E-state index contributed by atoms with van der Waals surface area (Å²) < 4.78 is 320. The summed E-state index contributed by atoms with van der Waals surface area (Å²) in [7, 11) is 0. The van der Waals surface area contributed by atoms with Crippen molar-refractivity contribution >= 4 is 49.8 Å². The number of hydrogen-bond donors (Lipinski definition) is 0. The van der Waals surface area contributed by atoms with E-state index in [1.807, 2.05) is 0 Å². The summed E-state index contributed by atoms with van der Waals surface area (Å²) in [5.74, 6) is 0. The third-order valence-electron chi connectivity index (χ3n) is 7.86. The second-order valence-corrected chi connectivity index (χ2v) is 11.0. The number of nitrogens with zero attached hydrogens (tertiary/aromatic N) is 1. The van der Waals surface area contributed by atoms with E-state index in [2.05, 4.69) is 0 Å². The standard InChI is InChI=1S/C52H35NO/c1-4-13-36(14-5-1)40-19-10-20-46(35-40)53(50-24-12-23-49-48-22-11-21-47(51(48)54-52(49)50)39-17-8-3-9-18-39)45-31-29-38(30-32-45)42-26-28-43-33-41(25-27-44(43)34-42)37-15-6-2-7-16-37/h1-35H/i1D,2D,3D,4D,5D,6D,7D,8D,9D,10D,11D,12D,13D,14D,15D,16D,17D,18D,19D,20D,21D,22D,23D,24D,25D,26D,27D,28D,29D,30D,31D,32D,33D,34D,35D. The molecule has 254 valence electrons. The van der Waals surface area contributed by atoms with E-state index in [1.165, 1.54) is 0 Å². The molecule has 0 saturated heterocycles. The van der Waals surface area contributed by atoms with Crippen molar-refractivity contribution in [2.45, 2.75) is 0 Å². The third kappa shape index (κ3) is 5.71. The lowest BCUT2D eigenvalue weighted by atomic mass is 9.97. The van der Waals surface area contributed by atoms with Gasteiger partial charge in [-0.15, -0.1) is 0 Å². The second kappa shape index (κ2) is 13.4. The Morgan fingerprint density at radius 2 is 0.815 bits per heavy atom. The van der Waals surface area contributed by atoms with Crippen LogP contribution in [-0.2, 0) is 0 Å². The smallest absolute Gasteiger partial charge is 0.159 e. The molecule has 0 bridgehead atoms. The van der Waals surface area contributed by atoms with E-state index in [0.29, 0.717) is 4.90 Å². The van der Waals surface area contributed by atoms with E-state index >= 15 is 0 Å². The first kappa shape index (κ1) is 11.9. The molecule has 54 heavy (non-hydrogen) atoms. The monoisotopic (exact) mass is 724 g/mol. The van der Waals surface area contributed by atoms with E-state index in [0.717, 1.165) is 0 Å². The van der Waals surface area contributed by atoms with Gasteiger partial charge in [0.2, 0.25) is 0 Å². The summed E-state index contributed by atoms with van der Waals surface area (Å²) in [5.41, 5.74) is -12.6. The molecule has 0 aliphatic heterocycles. The lowest BCUT2D eigenvalue weighted by Crippen LogP contribution is -2.10. The van der Waals surface area contributed by atoms with E-state index in [4.69, 9.17) is 34.6 Å². The number of benzene rings is 9. The highest BCUT2D eigenvalue weighted by molar-refractivity contribution is 6.13. The van der Waals surface area contributed by atoms with Gasteiger partial charge in [-0.2, -0.15) is 0 Å². The van der Waals surface area contributed by atoms with Gasteiger partial charge in [-0.3, -0.25) is 0 Å². The molecule has 0 atom stereocenters. The fourth-order valence-electron chi connectivity index (χ4n) is 5.47. The second-order valence-electron chi connectivity index (χ2n) is 11.0. The van der Waals surface area contributed by atoms with Crippen LogP contribution in [-0.4, -0.2) is 0 Å². The number of furan rings is 1. The van der Waals surface area contributed by atoms with Crippen LogP contribution in [0.4, 0.5) is 17.1 Å². The molecule has 10 aromatic rings. The SMILES string of the molecule is [2H]c1c([2H])c([2H])c(-c2c([2H])c([2H])c([2H])c(N(c3c([2H])c([2H])c(-c4c([2H])c([2H])c5c([2H])c(-c6c([2H])c([2H])c([2H])c([2H])c6[2H])c([2H])c([2H])c5c4[2H])c([2H])c3[2H])c3c([2H])c([2H])c([2H])c4c3oc3c(-c5c([2H])c([2H])c([2H])c([2H])c5[2H])c([2H])c([2H])c([2H])c34)c2[2H])c([2H])c1[2H]. The molecule has 0 saturated carbocycles. The Morgan fingerprint density at radius 1 is 0.333 bits per heavy atom. The minimum absolute atomic E-state index is 0.313. The first-order valence-corrected chi connectivity index (χ1v) is 15.6. The van der Waals surface area contributed by atoms with Gasteiger partial charge in [-0.05, 0) is 92.0 Å². The number of para-hydroxylation sites is 2. The fourth-order valence-corrected chi connectivity index (χ4v) is 5.47. The number of rotatable bonds is 7. The van der Waals surface area contributed by atoms with Gasteiger partial charge in [0.1, 0.15) is 5.58 Å². The maximum Gasteiger partial charge on any atom is 0.159 e. The Bertz CT molecular complexity index is 4860. The molecule has 1 heterocycles. The van der Waals surface area contributed by atoms with Crippen LogP contribution < -0.4 is 4.90 Å². The maximum absolute atomic E-state index is 9.83. The Hall–Kier alpha value is -7.16. The molecule has 0 fully saturated rings. The summed E-state index contributed by atoms with van der Waals surface area (Å²) in [6.45, 7) is 0. The van der Waals surface area contributed by atoms with E-state index in [-0.39, 0.29) is 0 Å². The van der Waals surface area contributed by atoms with Gasteiger partial charge in [-0.25, -0.2) is 0 Å². The lowest BCUT2D eigenvalue weighted by Gasteiger charge is -2.26. The first-order chi connectivity index (χ1) is 41.4. The van der Waals surface area contributed by atoms with Crippen LogP contribution in [0.3, 0.4) is 0 Å². The average Bonchev–Trinajstić information content (AvgIpc) is 1.71. The Balaban J connectivity index is 1.40. The van der Waals surface area contributed by atoms with Crippen LogP contribution in [0.5, 0.6) is 0 Å². The first-order valence-electron chi connectivity index (χ1n) is 33.1. The van der Waals surface area contributed by atoms with Gasteiger partial charge in [0.05, 0.1) is 53.7 Å². The van der Waals surface area contributed by atoms with E-state index in [1.54, 1.807) is 0 Å². The van der Waals surface area contributed by atoms with Crippen LogP contribution in [0.15, 0.2) is 216 Å². The molecule has 10 rings (SSSR count). The van der Waals surface area contributed by atoms with Gasteiger partial charge >= 0.3 is 0 Å². The number of fused-ring (bicyclic) bond motifs is 4. The summed E-state index contributed by atoms with van der Waals surface area (Å²) in [4.78, 5) is 0.313. The molecule has 0 aliphatic rings. The summed E-state index contributed by atoms with van der Waals surface area (Å²) in [6.07, 6.45) is 0. The molecule has 0 amide bonds. The van der Waals surface area contributed by atoms with Crippen LogP contribution in [0.25, 0.3) is 77.2 Å². The van der Waals surface area contributed by atoms with Crippen molar-refractivity contribution in [2.24, 2.45) is 0 Å². The molecule has 0 unspecified atom stereocenters. The highest BCUT2D eigenvalue weighted by atomic mass is 16.3. The van der Waals surface area contributed by atoms with Crippen molar-refractivity contribution < 1.29 is 52.4 Å². The van der Waals surface area contributed by atoms with Gasteiger partial charge < -0.3 is 9.32 Å². The highest BCUT2D eigenvalue weighted by Gasteiger charge is 2.21. The van der Waals surface area contributed by atoms with Crippen LogP contribution in [0, 0.1) is 0 Å². The molecule has 1 aromatic heterocycles. The largest absolute Gasteiger partial charge is 0.453 e. The minimum Gasteiger partial charge on any atom is -0.453 e. The van der Waals surface area contributed by atoms with Gasteiger partial charge in [0, 0.05) is 27.7 Å². The molecule has 9 aromatic carbocycles. The Kier molecular flexibility index (Phi) is 2.97. The van der Waals surface area contributed by atoms with Crippen molar-refractivity contribution in [1.82, 2.24) is 0 Å². The van der Waals surface area contributed by atoms with Crippen molar-refractivity contribution in [2.75, 3.05) is 4.90 Å². The maximum atomic E-state index is 9.83. The molecular weight excluding hydrogens is 655 g/mol. The summed E-state index contributed by atoms with van der Waals surface area (Å²) in [5, 5.41) is -3.07. The zero-order chi connectivity index (χ0) is 66.3. The quantitative estimate of drug-likeness (QED) is 0.163. The predicted molar refractivity (Wildman–Crippen MR) is 228 cm³/mol. The van der Waals surface area contributed by atoms with Crippen LogP contribution in [0.1, 0.15) is 48.0 Å². The molecule has 2 heteroatoms. The van der Waals surface area contributed by atoms with Crippen molar-refractivity contribution in [3.8, 4) is 44.5 Å². The molecular formula is C52H35NO. The van der Waals surface area contributed by atoms with Gasteiger partial charge in [0.25, 0.3) is 0 Å². The van der Waals surface area contributed by atoms with Crippen LogP contribution in [0.2, 0.25) is 0 Å². The Labute approximate surface area is 364 Å². The topological polar surface area (TPSA) is 16.4 Å². The Morgan fingerprint density at radius 3 is 1.44 bits per heavy atom. The summed E-state index contributed by atoms with van der Waals surface area (Å²) in [6, 6.07) is -37.7. The predicted octanol–water partition coefficient (Wildman–Crippen LogP) is 14.9. The van der Waals surface area contributed by atoms with Crippen molar-refractivity contribution in [3.63, 3.8) is 0 Å². The highest BCUT2D eigenvalue weighted by Crippen LogP contribution is 2.45. The van der Waals surface area contributed by atoms with Crippen molar-refractivity contribution in [3.05, 3.63) is 211 Å². The molecule has 0 N–H and O–H groups in total. The lowest BCUT2D eigenvalue weighted by molar-refractivity contribution is 0.670. The third-order valence-corrected chi connectivity index (χ3v) is 7.86. The fraction of sp³-hybridized carbons (Fsp3) is 0. The number of hydrogen-bond acceptors (Lipinski definition) is 2. The van der Waals surface area contributed by atoms with E-state index < -0.39 is 306 Å². The minimum atomic E-state index is -1.38. The van der Waals surface area contributed by atoms with Gasteiger partial charge in [-0.1, -0.05) is 169 Å². The average molecular weight is 725 g/mol. The zero-order valence-corrected chi connectivity index (χ0v) is 26.9. The molecule has 2 nitrogen and oxygen atoms in total. The van der Waals surface area contributed by atoms with Crippen molar-refractivity contribution in [1.29, 1.82) is 0 Å². The molecule has 0 aliphatic carbocycles. The normalized spacial score (nSPS) is 20.4. The van der Waals surface area contributed by atoms with Gasteiger partial charge in [0.15, 0.2) is 5.58 Å². The molecule has 0 radical (unpaired) electrons. The zero-order valence-electron chi connectivity index (χ0n) is 61.9. The summed E-state index contributed by atoms with van der Waals surface area (Å²) >= 11 is 0. The molecule has 0 spiro atoms. The van der Waals surface area contributed by atoms with E-state index in [9.17, 15) is 17.8 Å². The number of anilines is 3.